The Morgan fingerprint density at radius 3 is 2.71 bits per heavy atom. The van der Waals surface area contributed by atoms with Gasteiger partial charge < -0.3 is 11.1 Å². The molecule has 0 rings (SSSR count). The van der Waals surface area contributed by atoms with E-state index in [-0.39, 0.29) is 6.04 Å². The smallest absolute Gasteiger partial charge is 0.207 e. The molecular weight excluding hydrogens is 92.1 g/mol. The van der Waals surface area contributed by atoms with Crippen LogP contribution in [0.15, 0.2) is 0 Å². The Bertz CT molecular complexity index is 53.7. The molecule has 1 atom stereocenters. The normalized spacial score (nSPS) is 12.9. The number of rotatable bonds is 3. The fourth-order valence-corrected chi connectivity index (χ4v) is 0.234. The third-order valence-corrected chi connectivity index (χ3v) is 0.523. The Kier molecular flexibility index (Phi) is 3.32. The molecule has 0 fully saturated rings. The van der Waals surface area contributed by atoms with Crippen LogP contribution in [-0.4, -0.2) is 19.0 Å². The Hall–Kier alpha value is -0.570. The van der Waals surface area contributed by atoms with Crippen LogP contribution < -0.4 is 11.1 Å². The molecule has 0 aromatic carbocycles. The zero-order valence-corrected chi connectivity index (χ0v) is 4.35. The molecule has 1 amide bonds. The molecule has 0 aliphatic rings. The summed E-state index contributed by atoms with van der Waals surface area (Å²) in [6.07, 6.45) is 0.642. The summed E-state index contributed by atoms with van der Waals surface area (Å²) < 4.78 is 0. The van der Waals surface area contributed by atoms with Crippen LogP contribution in [0.5, 0.6) is 0 Å². The molecule has 0 spiro atoms. The molecular formula is C4H10N2O. The van der Waals surface area contributed by atoms with Crippen LogP contribution in [0, 0.1) is 0 Å². The van der Waals surface area contributed by atoms with Gasteiger partial charge in [0.15, 0.2) is 0 Å². The molecule has 0 aromatic rings. The summed E-state index contributed by atoms with van der Waals surface area (Å²) >= 11 is 0. The summed E-state index contributed by atoms with van der Waals surface area (Å²) in [5, 5.41) is 2.44. The third kappa shape index (κ3) is 5.43. The second-order valence-electron chi connectivity index (χ2n) is 1.50. The van der Waals surface area contributed by atoms with E-state index in [1.807, 2.05) is 6.92 Å². The minimum Gasteiger partial charge on any atom is -0.357 e. The van der Waals surface area contributed by atoms with Crippen LogP contribution in [0.3, 0.4) is 0 Å². The van der Waals surface area contributed by atoms with Gasteiger partial charge in [0, 0.05) is 12.6 Å². The molecule has 0 heterocycles. The van der Waals surface area contributed by atoms with E-state index in [9.17, 15) is 4.79 Å². The van der Waals surface area contributed by atoms with E-state index in [4.69, 9.17) is 5.73 Å². The van der Waals surface area contributed by atoms with Gasteiger partial charge in [-0.15, -0.1) is 0 Å². The summed E-state index contributed by atoms with van der Waals surface area (Å²) in [6.45, 7) is 2.39. The van der Waals surface area contributed by atoms with Crippen molar-refractivity contribution in [2.75, 3.05) is 6.54 Å². The van der Waals surface area contributed by atoms with E-state index in [0.717, 1.165) is 0 Å². The molecule has 0 aromatic heterocycles. The second kappa shape index (κ2) is 3.61. The number of hydrogen-bond acceptors (Lipinski definition) is 2. The van der Waals surface area contributed by atoms with E-state index in [1.54, 1.807) is 0 Å². The molecule has 0 saturated heterocycles. The van der Waals surface area contributed by atoms with Crippen LogP contribution in [0.1, 0.15) is 6.92 Å². The van der Waals surface area contributed by atoms with Crippen molar-refractivity contribution < 1.29 is 4.79 Å². The predicted molar refractivity (Wildman–Crippen MR) is 27.7 cm³/mol. The van der Waals surface area contributed by atoms with Crippen molar-refractivity contribution in [2.24, 2.45) is 5.73 Å². The topological polar surface area (TPSA) is 55.1 Å². The molecule has 0 aliphatic heterocycles. The van der Waals surface area contributed by atoms with Gasteiger partial charge >= 0.3 is 0 Å². The number of nitrogens with two attached hydrogens (primary N) is 1. The van der Waals surface area contributed by atoms with E-state index >= 15 is 0 Å². The first-order valence-corrected chi connectivity index (χ1v) is 2.20. The first-order valence-electron chi connectivity index (χ1n) is 2.20. The van der Waals surface area contributed by atoms with Gasteiger partial charge in [0.05, 0.1) is 0 Å². The maximum absolute atomic E-state index is 9.54. The summed E-state index contributed by atoms with van der Waals surface area (Å²) in [5.41, 5.74) is 5.26. The molecule has 42 valence electrons. The number of carbonyl (C=O) groups excluding carboxylic acids is 1. The first kappa shape index (κ1) is 6.43. The third-order valence-electron chi connectivity index (χ3n) is 0.523. The van der Waals surface area contributed by atoms with E-state index in [0.29, 0.717) is 13.0 Å². The lowest BCUT2D eigenvalue weighted by atomic mass is 10.4. The average molecular weight is 102 g/mol. The molecule has 0 unspecified atom stereocenters. The van der Waals surface area contributed by atoms with E-state index < -0.39 is 0 Å². The first-order chi connectivity index (χ1) is 3.27. The van der Waals surface area contributed by atoms with Crippen LogP contribution in [-0.2, 0) is 4.79 Å². The number of hydrogen-bond donors (Lipinski definition) is 2. The average Bonchev–Trinajstić information content (AvgIpc) is 1.61. The Morgan fingerprint density at radius 2 is 2.57 bits per heavy atom. The van der Waals surface area contributed by atoms with Gasteiger partial charge in [-0.3, -0.25) is 4.79 Å². The van der Waals surface area contributed by atoms with Crippen LogP contribution >= 0.6 is 0 Å². The van der Waals surface area contributed by atoms with Crippen LogP contribution in [0.25, 0.3) is 0 Å². The van der Waals surface area contributed by atoms with Gasteiger partial charge in [-0.25, -0.2) is 0 Å². The van der Waals surface area contributed by atoms with Gasteiger partial charge in [-0.2, -0.15) is 0 Å². The predicted octanol–water partition coefficient (Wildman–Crippen LogP) is -0.920. The molecule has 3 nitrogen and oxygen atoms in total. The highest BCUT2D eigenvalue weighted by molar-refractivity contribution is 5.45. The Balaban J connectivity index is 2.81. The highest BCUT2D eigenvalue weighted by Gasteiger charge is 1.86. The Morgan fingerprint density at radius 1 is 2.00 bits per heavy atom. The van der Waals surface area contributed by atoms with Crippen molar-refractivity contribution in [3.63, 3.8) is 0 Å². The summed E-state index contributed by atoms with van der Waals surface area (Å²) in [6, 6.07) is 0.0604. The van der Waals surface area contributed by atoms with Gasteiger partial charge in [-0.1, -0.05) is 0 Å². The fraction of sp³-hybridized carbons (Fsp3) is 0.750. The maximum atomic E-state index is 9.54. The number of nitrogens with one attached hydrogen (secondary N) is 1. The summed E-state index contributed by atoms with van der Waals surface area (Å²) in [7, 11) is 0. The molecule has 0 aliphatic carbocycles. The lowest BCUT2D eigenvalue weighted by Gasteiger charge is -1.99. The maximum Gasteiger partial charge on any atom is 0.207 e. The number of carbonyl (C=O) groups is 1. The Labute approximate surface area is 42.9 Å². The van der Waals surface area contributed by atoms with Crippen LogP contribution in [0.2, 0.25) is 0 Å². The molecule has 3 heteroatoms. The summed E-state index contributed by atoms with van der Waals surface area (Å²) in [4.78, 5) is 9.54. The zero-order valence-electron chi connectivity index (χ0n) is 4.35. The van der Waals surface area contributed by atoms with Crippen molar-refractivity contribution in [1.29, 1.82) is 0 Å². The van der Waals surface area contributed by atoms with Crippen molar-refractivity contribution in [1.82, 2.24) is 5.32 Å². The lowest BCUT2D eigenvalue weighted by Crippen LogP contribution is -2.29. The highest BCUT2D eigenvalue weighted by atomic mass is 16.1. The lowest BCUT2D eigenvalue weighted by molar-refractivity contribution is -0.109. The van der Waals surface area contributed by atoms with Crippen molar-refractivity contribution in [3.05, 3.63) is 0 Å². The molecule has 0 bridgehead atoms. The molecule has 7 heavy (non-hydrogen) atoms. The van der Waals surface area contributed by atoms with Crippen molar-refractivity contribution in [3.8, 4) is 0 Å². The molecule has 0 saturated carbocycles. The van der Waals surface area contributed by atoms with E-state index in [2.05, 4.69) is 5.32 Å². The number of amides is 1. The fourth-order valence-electron chi connectivity index (χ4n) is 0.234. The van der Waals surface area contributed by atoms with Gasteiger partial charge in [0.25, 0.3) is 0 Å². The van der Waals surface area contributed by atoms with Crippen molar-refractivity contribution in [2.45, 2.75) is 13.0 Å². The highest BCUT2D eigenvalue weighted by Crippen LogP contribution is 1.64. The SMILES string of the molecule is C[C@H](N)CNC=O. The van der Waals surface area contributed by atoms with Crippen LogP contribution in [0.4, 0.5) is 0 Å². The monoisotopic (exact) mass is 102 g/mol. The zero-order chi connectivity index (χ0) is 5.70. The molecule has 0 radical (unpaired) electrons. The van der Waals surface area contributed by atoms with E-state index in [1.165, 1.54) is 0 Å². The summed E-state index contributed by atoms with van der Waals surface area (Å²) in [5.74, 6) is 0. The largest absolute Gasteiger partial charge is 0.357 e. The van der Waals surface area contributed by atoms with Gasteiger partial charge in [-0.05, 0) is 6.92 Å². The van der Waals surface area contributed by atoms with Gasteiger partial charge in [0.2, 0.25) is 6.41 Å². The minimum absolute atomic E-state index is 0.0604. The molecule has 3 N–H and O–H groups in total. The quantitative estimate of drug-likeness (QED) is 0.453. The van der Waals surface area contributed by atoms with Gasteiger partial charge in [0.1, 0.15) is 0 Å². The minimum atomic E-state index is 0.0604. The van der Waals surface area contributed by atoms with Crippen molar-refractivity contribution >= 4 is 6.41 Å². The second-order valence-corrected chi connectivity index (χ2v) is 1.50. The standard InChI is InChI=1S/C4H10N2O/c1-4(5)2-6-3-7/h3-4H,2,5H2,1H3,(H,6,7)/t4-/m0/s1.